The lowest BCUT2D eigenvalue weighted by molar-refractivity contribution is -0.136. The first-order chi connectivity index (χ1) is 14.2. The van der Waals surface area contributed by atoms with Gasteiger partial charge in [0, 0.05) is 29.3 Å². The van der Waals surface area contributed by atoms with Crippen LogP contribution in [0.1, 0.15) is 45.1 Å². The van der Waals surface area contributed by atoms with Gasteiger partial charge in [-0.3, -0.25) is 4.79 Å². The van der Waals surface area contributed by atoms with Crippen molar-refractivity contribution in [1.29, 1.82) is 0 Å². The average molecular weight is 415 g/mol. The molecule has 2 aliphatic rings. The highest BCUT2D eigenvalue weighted by molar-refractivity contribution is 6.04. The fraction of sp³-hybridized carbons (Fsp3) is 0.478. The Balaban J connectivity index is 2.29. The number of carbonyl (C=O) groups excluding carboxylic acids is 2. The smallest absolute Gasteiger partial charge is 0.336 e. The van der Waals surface area contributed by atoms with Crippen LogP contribution in [0.25, 0.3) is 0 Å². The topological polar surface area (TPSA) is 83.1 Å². The number of benzene rings is 1. The molecule has 0 unspecified atom stereocenters. The van der Waals surface area contributed by atoms with Gasteiger partial charge >= 0.3 is 5.97 Å². The number of carbonyl (C=O) groups is 2. The maximum atomic E-state index is 13.3. The first-order valence-electron chi connectivity index (χ1n) is 9.79. The Labute approximate surface area is 177 Å². The lowest BCUT2D eigenvalue weighted by Crippen LogP contribution is -2.38. The Morgan fingerprint density at radius 3 is 2.13 bits per heavy atom. The number of ether oxygens (including phenoxy) is 4. The van der Waals surface area contributed by atoms with Crippen LogP contribution in [0.15, 0.2) is 34.7 Å². The number of dihydropyridines is 1. The van der Waals surface area contributed by atoms with Gasteiger partial charge in [0.05, 0.1) is 34.0 Å². The predicted molar refractivity (Wildman–Crippen MR) is 112 cm³/mol. The third kappa shape index (κ3) is 3.64. The first kappa shape index (κ1) is 21.7. The van der Waals surface area contributed by atoms with E-state index < -0.39 is 11.9 Å². The van der Waals surface area contributed by atoms with Crippen LogP contribution in [0.4, 0.5) is 0 Å². The number of nitrogens with one attached hydrogen (secondary N) is 1. The van der Waals surface area contributed by atoms with Crippen molar-refractivity contribution in [2.45, 2.75) is 39.5 Å². The zero-order valence-corrected chi connectivity index (χ0v) is 18.6. The summed E-state index contributed by atoms with van der Waals surface area (Å²) in [6.07, 6.45) is 1.11. The summed E-state index contributed by atoms with van der Waals surface area (Å²) in [5.41, 5.74) is 3.05. The second kappa shape index (κ2) is 8.05. The minimum absolute atomic E-state index is 0.0152. The predicted octanol–water partition coefficient (Wildman–Crippen LogP) is 3.49. The molecule has 1 aromatic carbocycles. The number of methoxy groups -OCH3 is 4. The van der Waals surface area contributed by atoms with Gasteiger partial charge in [0.15, 0.2) is 17.3 Å². The number of hydrogen-bond acceptors (Lipinski definition) is 7. The molecule has 0 fully saturated rings. The van der Waals surface area contributed by atoms with E-state index in [1.165, 1.54) is 28.4 Å². The Morgan fingerprint density at radius 1 is 1.03 bits per heavy atom. The summed E-state index contributed by atoms with van der Waals surface area (Å²) >= 11 is 0. The van der Waals surface area contributed by atoms with Crippen molar-refractivity contribution < 1.29 is 28.5 Å². The van der Waals surface area contributed by atoms with Crippen molar-refractivity contribution >= 4 is 11.8 Å². The Hall–Kier alpha value is -2.96. The fourth-order valence-corrected chi connectivity index (χ4v) is 4.42. The quantitative estimate of drug-likeness (QED) is 0.737. The van der Waals surface area contributed by atoms with Gasteiger partial charge in [-0.25, -0.2) is 4.79 Å². The largest absolute Gasteiger partial charge is 0.493 e. The SMILES string of the molecule is COC(=O)C1=C(C)NC2=C(C(=O)CC(C)(C)C2)[C@H]1c1cc(OC)c(OC)c(OC)c1. The molecule has 1 aliphatic carbocycles. The minimum atomic E-state index is -0.592. The molecule has 1 aliphatic heterocycles. The summed E-state index contributed by atoms with van der Waals surface area (Å²) in [4.78, 5) is 26.0. The van der Waals surface area contributed by atoms with Crippen LogP contribution in [0.2, 0.25) is 0 Å². The van der Waals surface area contributed by atoms with Crippen LogP contribution in [-0.4, -0.2) is 40.2 Å². The summed E-state index contributed by atoms with van der Waals surface area (Å²) in [5, 5.41) is 3.30. The number of ketones is 1. The van der Waals surface area contributed by atoms with Gasteiger partial charge in [-0.15, -0.1) is 0 Å². The molecule has 3 rings (SSSR count). The van der Waals surface area contributed by atoms with Crippen molar-refractivity contribution in [3.8, 4) is 17.2 Å². The van der Waals surface area contributed by atoms with Gasteiger partial charge in [-0.05, 0) is 36.5 Å². The van der Waals surface area contributed by atoms with Crippen LogP contribution in [-0.2, 0) is 14.3 Å². The van der Waals surface area contributed by atoms with E-state index in [-0.39, 0.29) is 11.2 Å². The second-order valence-electron chi connectivity index (χ2n) is 8.38. The molecule has 1 N–H and O–H groups in total. The molecule has 0 radical (unpaired) electrons. The molecule has 7 heteroatoms. The molecule has 0 saturated carbocycles. The lowest BCUT2D eigenvalue weighted by Gasteiger charge is -2.39. The van der Waals surface area contributed by atoms with E-state index >= 15 is 0 Å². The average Bonchev–Trinajstić information content (AvgIpc) is 2.69. The standard InChI is InChI=1S/C23H29NO6/c1-12-18(22(26)30-7)19(20-14(24-12)10-23(2,3)11-15(20)25)13-8-16(27-4)21(29-6)17(9-13)28-5/h8-9,19,24H,10-11H2,1-7H3/t19-/m0/s1. The van der Waals surface area contributed by atoms with Gasteiger partial charge in [-0.1, -0.05) is 13.8 Å². The summed E-state index contributed by atoms with van der Waals surface area (Å²) in [5.74, 6) is 0.301. The highest BCUT2D eigenvalue weighted by Gasteiger charge is 2.43. The number of allylic oxidation sites excluding steroid dienone is 3. The van der Waals surface area contributed by atoms with Crippen LogP contribution >= 0.6 is 0 Å². The summed E-state index contributed by atoms with van der Waals surface area (Å²) in [6, 6.07) is 3.57. The third-order valence-electron chi connectivity index (χ3n) is 5.67. The molecule has 0 saturated heterocycles. The summed E-state index contributed by atoms with van der Waals surface area (Å²) in [6.45, 7) is 5.96. The van der Waals surface area contributed by atoms with Gasteiger partial charge in [-0.2, -0.15) is 0 Å². The van der Waals surface area contributed by atoms with E-state index in [2.05, 4.69) is 19.2 Å². The highest BCUT2D eigenvalue weighted by Crippen LogP contribution is 2.49. The molecule has 0 spiro atoms. The van der Waals surface area contributed by atoms with Crippen LogP contribution in [0.5, 0.6) is 17.2 Å². The number of hydrogen-bond donors (Lipinski definition) is 1. The number of Topliss-reactive ketones (excluding diaryl/α,β-unsaturated/α-hetero) is 1. The Morgan fingerprint density at radius 2 is 1.63 bits per heavy atom. The maximum absolute atomic E-state index is 13.3. The first-order valence-corrected chi connectivity index (χ1v) is 9.79. The molecule has 162 valence electrons. The molecular weight excluding hydrogens is 386 g/mol. The van der Waals surface area contributed by atoms with Crippen molar-refractivity contribution in [3.05, 3.63) is 40.2 Å². The van der Waals surface area contributed by atoms with E-state index in [1.54, 1.807) is 12.1 Å². The van der Waals surface area contributed by atoms with Gasteiger partial charge in [0.1, 0.15) is 0 Å². The normalized spacial score (nSPS) is 20.4. The molecule has 7 nitrogen and oxygen atoms in total. The Bertz CT molecular complexity index is 931. The molecule has 0 amide bonds. The minimum Gasteiger partial charge on any atom is -0.493 e. The van der Waals surface area contributed by atoms with Gasteiger partial charge < -0.3 is 24.3 Å². The molecule has 1 heterocycles. The molecule has 30 heavy (non-hydrogen) atoms. The second-order valence-corrected chi connectivity index (χ2v) is 8.38. The van der Waals surface area contributed by atoms with Crippen LogP contribution < -0.4 is 19.5 Å². The Kier molecular flexibility index (Phi) is 5.83. The van der Waals surface area contributed by atoms with E-state index in [9.17, 15) is 9.59 Å². The highest BCUT2D eigenvalue weighted by atomic mass is 16.5. The van der Waals surface area contributed by atoms with Gasteiger partial charge in [0.25, 0.3) is 0 Å². The van der Waals surface area contributed by atoms with E-state index in [0.29, 0.717) is 52.5 Å². The van der Waals surface area contributed by atoms with Crippen molar-refractivity contribution in [2.75, 3.05) is 28.4 Å². The van der Waals surface area contributed by atoms with E-state index in [0.717, 1.165) is 5.70 Å². The molecule has 0 bridgehead atoms. The lowest BCUT2D eigenvalue weighted by atomic mass is 9.68. The van der Waals surface area contributed by atoms with E-state index in [1.807, 2.05) is 6.92 Å². The fourth-order valence-electron chi connectivity index (χ4n) is 4.42. The van der Waals surface area contributed by atoms with Crippen molar-refractivity contribution in [3.63, 3.8) is 0 Å². The number of esters is 1. The molecule has 0 aromatic heterocycles. The van der Waals surface area contributed by atoms with Gasteiger partial charge in [0.2, 0.25) is 5.75 Å². The summed E-state index contributed by atoms with van der Waals surface area (Å²) < 4.78 is 21.5. The number of rotatable bonds is 5. The van der Waals surface area contributed by atoms with Crippen molar-refractivity contribution in [1.82, 2.24) is 5.32 Å². The molecule has 1 atom stereocenters. The van der Waals surface area contributed by atoms with Crippen molar-refractivity contribution in [2.24, 2.45) is 5.41 Å². The maximum Gasteiger partial charge on any atom is 0.336 e. The van der Waals surface area contributed by atoms with Crippen LogP contribution in [0, 0.1) is 5.41 Å². The summed E-state index contributed by atoms with van der Waals surface area (Å²) in [7, 11) is 5.93. The third-order valence-corrected chi connectivity index (χ3v) is 5.67. The zero-order chi connectivity index (χ0) is 22.2. The zero-order valence-electron chi connectivity index (χ0n) is 18.6. The molecular formula is C23H29NO6. The van der Waals surface area contributed by atoms with E-state index in [4.69, 9.17) is 18.9 Å². The molecule has 1 aromatic rings. The van der Waals surface area contributed by atoms with Crippen LogP contribution in [0.3, 0.4) is 0 Å². The monoisotopic (exact) mass is 415 g/mol.